The van der Waals surface area contributed by atoms with Crippen molar-refractivity contribution in [3.63, 3.8) is 0 Å². The van der Waals surface area contributed by atoms with Crippen molar-refractivity contribution in [2.75, 3.05) is 0 Å². The molecule has 0 radical (unpaired) electrons. The summed E-state index contributed by atoms with van der Waals surface area (Å²) < 4.78 is 28.1. The van der Waals surface area contributed by atoms with Gasteiger partial charge in [0.2, 0.25) is 0 Å². The van der Waals surface area contributed by atoms with Crippen molar-refractivity contribution < 1.29 is 8.78 Å². The Morgan fingerprint density at radius 1 is 0.885 bits per heavy atom. The van der Waals surface area contributed by atoms with Gasteiger partial charge in [-0.1, -0.05) is 50.3 Å². The summed E-state index contributed by atoms with van der Waals surface area (Å²) in [5.41, 5.74) is 0.0420. The van der Waals surface area contributed by atoms with Gasteiger partial charge in [0.05, 0.1) is 0 Å². The van der Waals surface area contributed by atoms with Gasteiger partial charge >= 0.3 is 0 Å². The Labute approximate surface area is 151 Å². The first kappa shape index (κ1) is 15.9. The zero-order valence-corrected chi connectivity index (χ0v) is 14.8. The first-order chi connectivity index (χ1) is 12.4. The molecule has 0 amide bonds. The third kappa shape index (κ3) is 1.57. The summed E-state index contributed by atoms with van der Waals surface area (Å²) in [4.78, 5) is 0. The molecule has 26 heavy (non-hydrogen) atoms. The Kier molecular flexibility index (Phi) is 2.97. The lowest BCUT2D eigenvalue weighted by atomic mass is 9.61. The molecule has 1 fully saturated rings. The van der Waals surface area contributed by atoms with Crippen molar-refractivity contribution in [3.8, 4) is 0 Å². The molecule has 1 saturated carbocycles. The topological polar surface area (TPSA) is 24.7 Å². The molecule has 2 bridgehead atoms. The maximum Gasteiger partial charge on any atom is 0.123 e. The highest BCUT2D eigenvalue weighted by Crippen LogP contribution is 2.76. The number of nitrogens with zero attached hydrogens (tertiary/aromatic N) is 2. The van der Waals surface area contributed by atoms with E-state index in [0.717, 1.165) is 17.5 Å². The first-order valence-electron chi connectivity index (χ1n) is 9.06. The van der Waals surface area contributed by atoms with Crippen LogP contribution in [0, 0.1) is 28.9 Å². The quantitative estimate of drug-likeness (QED) is 0.616. The van der Waals surface area contributed by atoms with Crippen molar-refractivity contribution in [1.82, 2.24) is 0 Å². The number of hydrogen-bond acceptors (Lipinski definition) is 2. The fourth-order valence-electron chi connectivity index (χ4n) is 5.93. The molecule has 2 aliphatic carbocycles. The molecule has 132 valence electrons. The fraction of sp³-hybridized carbons (Fsp3) is 0.364. The van der Waals surface area contributed by atoms with E-state index in [2.05, 4.69) is 26.0 Å². The summed E-state index contributed by atoms with van der Waals surface area (Å²) in [5, 5.41) is 9.62. The monoisotopic (exact) mass is 350 g/mol. The third-order valence-corrected chi connectivity index (χ3v) is 6.99. The molecule has 2 aromatic carbocycles. The summed E-state index contributed by atoms with van der Waals surface area (Å²) in [6, 6.07) is 13.4. The normalized spacial score (nSPS) is 35.8. The SMILES string of the molecule is CC1(C)[C@]2(c3cccc(F)c3)N=N[C@@]1(c1cccc(F)c1)[C@H]1C=CC[C@H]12. The van der Waals surface area contributed by atoms with Crippen LogP contribution >= 0.6 is 0 Å². The van der Waals surface area contributed by atoms with Gasteiger partial charge in [-0.25, -0.2) is 8.78 Å². The molecule has 1 heterocycles. The van der Waals surface area contributed by atoms with E-state index in [1.165, 1.54) is 12.1 Å². The lowest BCUT2D eigenvalue weighted by molar-refractivity contribution is 0.150. The van der Waals surface area contributed by atoms with Crippen molar-refractivity contribution in [1.29, 1.82) is 0 Å². The van der Waals surface area contributed by atoms with Gasteiger partial charge in [-0.15, -0.1) is 0 Å². The van der Waals surface area contributed by atoms with Gasteiger partial charge < -0.3 is 0 Å². The highest BCUT2D eigenvalue weighted by Gasteiger charge is 2.77. The average Bonchev–Trinajstić information content (AvgIpc) is 3.22. The van der Waals surface area contributed by atoms with Crippen LogP contribution in [0.3, 0.4) is 0 Å². The minimum atomic E-state index is -0.640. The lowest BCUT2D eigenvalue weighted by Crippen LogP contribution is -2.44. The number of allylic oxidation sites excluding steroid dienone is 1. The molecule has 4 heteroatoms. The van der Waals surface area contributed by atoms with Gasteiger partial charge in [0, 0.05) is 17.3 Å². The van der Waals surface area contributed by atoms with Crippen LogP contribution < -0.4 is 0 Å². The van der Waals surface area contributed by atoms with Crippen molar-refractivity contribution in [3.05, 3.63) is 83.4 Å². The lowest BCUT2D eigenvalue weighted by Gasteiger charge is -2.41. The summed E-state index contributed by atoms with van der Waals surface area (Å²) in [6.45, 7) is 4.30. The van der Waals surface area contributed by atoms with Crippen LogP contribution in [-0.4, -0.2) is 0 Å². The van der Waals surface area contributed by atoms with Crippen molar-refractivity contribution in [2.24, 2.45) is 27.5 Å². The van der Waals surface area contributed by atoms with E-state index in [9.17, 15) is 8.78 Å². The van der Waals surface area contributed by atoms with E-state index in [0.29, 0.717) is 0 Å². The standard InChI is InChI=1S/C22H20F2N2/c1-20(2)21(14-6-3-8-16(23)12-14)18-10-5-11-19(18)22(20,26-25-21)15-7-4-9-17(24)13-15/h3-10,12-13,18-19H,11H2,1-2H3/t18-,19+,21-,22+/m0/s1. The van der Waals surface area contributed by atoms with Crippen LogP contribution in [0.25, 0.3) is 0 Å². The van der Waals surface area contributed by atoms with Crippen LogP contribution in [-0.2, 0) is 11.1 Å². The largest absolute Gasteiger partial charge is 0.207 e. The second-order valence-corrected chi connectivity index (χ2v) is 8.17. The molecule has 0 aromatic heterocycles. The molecule has 5 rings (SSSR count). The maximum atomic E-state index is 14.1. The Bertz CT molecular complexity index is 964. The highest BCUT2D eigenvalue weighted by molar-refractivity contribution is 5.47. The van der Waals surface area contributed by atoms with E-state index in [1.807, 2.05) is 12.1 Å². The van der Waals surface area contributed by atoms with Crippen LogP contribution in [0.2, 0.25) is 0 Å². The number of fused-ring (bicyclic) bond motifs is 5. The van der Waals surface area contributed by atoms with Crippen LogP contribution in [0.4, 0.5) is 8.78 Å². The van der Waals surface area contributed by atoms with Crippen molar-refractivity contribution >= 4 is 0 Å². The molecule has 0 N–H and O–H groups in total. The van der Waals surface area contributed by atoms with Crippen LogP contribution in [0.5, 0.6) is 0 Å². The Morgan fingerprint density at radius 3 is 2.08 bits per heavy atom. The molecule has 0 saturated heterocycles. The smallest absolute Gasteiger partial charge is 0.123 e. The predicted octanol–water partition coefficient (Wildman–Crippen LogP) is 5.75. The van der Waals surface area contributed by atoms with Gasteiger partial charge in [-0.05, 0) is 41.8 Å². The van der Waals surface area contributed by atoms with Crippen LogP contribution in [0.15, 0.2) is 70.9 Å². The van der Waals surface area contributed by atoms with Gasteiger partial charge in [0.1, 0.15) is 22.7 Å². The second-order valence-electron chi connectivity index (χ2n) is 8.17. The molecule has 1 aliphatic heterocycles. The van der Waals surface area contributed by atoms with E-state index < -0.39 is 16.5 Å². The van der Waals surface area contributed by atoms with Gasteiger partial charge in [0.15, 0.2) is 0 Å². The summed E-state index contributed by atoms with van der Waals surface area (Å²) in [7, 11) is 0. The molecule has 0 spiro atoms. The Balaban J connectivity index is 1.80. The minimum absolute atomic E-state index is 0.125. The van der Waals surface area contributed by atoms with E-state index in [1.54, 1.807) is 24.3 Å². The van der Waals surface area contributed by atoms with Gasteiger partial charge in [-0.2, -0.15) is 10.2 Å². The average molecular weight is 350 g/mol. The molecule has 2 aromatic rings. The Hall–Kier alpha value is -2.36. The summed E-state index contributed by atoms with van der Waals surface area (Å²) >= 11 is 0. The molecule has 4 atom stereocenters. The van der Waals surface area contributed by atoms with Crippen molar-refractivity contribution in [2.45, 2.75) is 31.3 Å². The summed E-state index contributed by atoms with van der Waals surface area (Å²) in [6.07, 6.45) is 5.25. The van der Waals surface area contributed by atoms with Gasteiger partial charge in [0.25, 0.3) is 0 Å². The number of hydrogen-bond donors (Lipinski definition) is 0. The van der Waals surface area contributed by atoms with E-state index in [-0.39, 0.29) is 23.5 Å². The van der Waals surface area contributed by atoms with Gasteiger partial charge in [-0.3, -0.25) is 0 Å². The summed E-state index contributed by atoms with van der Waals surface area (Å²) in [5.74, 6) is -0.211. The molecule has 2 nitrogen and oxygen atoms in total. The maximum absolute atomic E-state index is 14.1. The molecular formula is C22H20F2N2. The number of azo groups is 1. The zero-order valence-electron chi connectivity index (χ0n) is 14.8. The van der Waals surface area contributed by atoms with Crippen LogP contribution in [0.1, 0.15) is 31.4 Å². The Morgan fingerprint density at radius 2 is 1.46 bits per heavy atom. The molecule has 0 unspecified atom stereocenters. The molecular weight excluding hydrogens is 330 g/mol. The number of halogens is 2. The fourth-order valence-corrected chi connectivity index (χ4v) is 5.93. The highest BCUT2D eigenvalue weighted by atomic mass is 19.1. The predicted molar refractivity (Wildman–Crippen MR) is 95.5 cm³/mol. The zero-order chi connectivity index (χ0) is 18.2. The van der Waals surface area contributed by atoms with E-state index in [4.69, 9.17) is 10.2 Å². The first-order valence-corrected chi connectivity index (χ1v) is 9.06. The third-order valence-electron chi connectivity index (χ3n) is 6.99. The number of benzene rings is 2. The second kappa shape index (κ2) is 4.87. The number of rotatable bonds is 2. The van der Waals surface area contributed by atoms with E-state index >= 15 is 0 Å². The minimum Gasteiger partial charge on any atom is -0.207 e. The molecule has 3 aliphatic rings.